The van der Waals surface area contributed by atoms with Crippen LogP contribution in [0.2, 0.25) is 0 Å². The molecule has 0 aliphatic carbocycles. The van der Waals surface area contributed by atoms with E-state index in [0.29, 0.717) is 5.56 Å². The fourth-order valence-corrected chi connectivity index (χ4v) is 3.43. The molecule has 0 unspecified atom stereocenters. The van der Waals surface area contributed by atoms with Crippen LogP contribution in [-0.2, 0) is 5.41 Å². The number of piperidine rings is 1. The van der Waals surface area contributed by atoms with E-state index in [4.69, 9.17) is 4.74 Å². The fraction of sp³-hybridized carbons (Fsp3) is 0.409. The Morgan fingerprint density at radius 3 is 2.50 bits per heavy atom. The van der Waals surface area contributed by atoms with Crippen molar-refractivity contribution in [1.82, 2.24) is 9.88 Å². The number of para-hydroxylation sites is 1. The highest BCUT2D eigenvalue weighted by atomic mass is 16.5. The second-order valence-electron chi connectivity index (χ2n) is 7.91. The van der Waals surface area contributed by atoms with E-state index >= 15 is 0 Å². The summed E-state index contributed by atoms with van der Waals surface area (Å²) in [5.41, 5.74) is 2.64. The van der Waals surface area contributed by atoms with Gasteiger partial charge in [0.1, 0.15) is 11.9 Å². The third kappa shape index (κ3) is 4.01. The molecule has 1 N–H and O–H groups in total. The number of aromatic nitrogens is 1. The monoisotopic (exact) mass is 352 g/mol. The first-order valence-corrected chi connectivity index (χ1v) is 9.24. The maximum atomic E-state index is 12.0. The zero-order valence-electron chi connectivity index (χ0n) is 15.9. The van der Waals surface area contributed by atoms with Crippen molar-refractivity contribution in [2.45, 2.75) is 45.1 Å². The molecular formula is C22H28N2O2. The fourth-order valence-electron chi connectivity index (χ4n) is 3.43. The van der Waals surface area contributed by atoms with Gasteiger partial charge in [0.15, 0.2) is 0 Å². The molecule has 0 bridgehead atoms. The van der Waals surface area contributed by atoms with E-state index < -0.39 is 0 Å². The van der Waals surface area contributed by atoms with Gasteiger partial charge >= 0.3 is 0 Å². The van der Waals surface area contributed by atoms with Gasteiger partial charge in [-0.25, -0.2) is 0 Å². The van der Waals surface area contributed by atoms with E-state index in [0.717, 1.165) is 37.4 Å². The summed E-state index contributed by atoms with van der Waals surface area (Å²) in [5, 5.41) is 0. The number of H-pyrrole nitrogens is 1. The molecule has 0 atom stereocenters. The van der Waals surface area contributed by atoms with Gasteiger partial charge in [-0.3, -0.25) is 4.79 Å². The van der Waals surface area contributed by atoms with Crippen LogP contribution in [0.25, 0.3) is 5.70 Å². The van der Waals surface area contributed by atoms with Crippen LogP contribution in [0.1, 0.15) is 44.7 Å². The molecule has 0 amide bonds. The first-order chi connectivity index (χ1) is 12.4. The van der Waals surface area contributed by atoms with Gasteiger partial charge in [-0.05, 0) is 29.2 Å². The van der Waals surface area contributed by atoms with E-state index in [2.05, 4.69) is 55.4 Å². The van der Waals surface area contributed by atoms with Crippen molar-refractivity contribution in [2.24, 2.45) is 0 Å². The number of pyridine rings is 1. The Kier molecular flexibility index (Phi) is 5.21. The minimum absolute atomic E-state index is 0.0555. The SMILES string of the molecule is C=C(c1ccc[nH]c1=O)N1CCC(Oc2ccccc2C(C)(C)C)CC1. The minimum atomic E-state index is -0.0880. The lowest BCUT2D eigenvalue weighted by Crippen LogP contribution is -2.38. The Labute approximate surface area is 155 Å². The Morgan fingerprint density at radius 2 is 1.85 bits per heavy atom. The number of likely N-dealkylation sites (tertiary alicyclic amines) is 1. The van der Waals surface area contributed by atoms with Gasteiger partial charge in [0.2, 0.25) is 0 Å². The third-order valence-corrected chi connectivity index (χ3v) is 4.94. The predicted octanol–water partition coefficient (Wildman–Crippen LogP) is 4.19. The smallest absolute Gasteiger partial charge is 0.257 e. The topological polar surface area (TPSA) is 45.3 Å². The summed E-state index contributed by atoms with van der Waals surface area (Å²) >= 11 is 0. The van der Waals surface area contributed by atoms with Gasteiger partial charge < -0.3 is 14.6 Å². The molecule has 26 heavy (non-hydrogen) atoms. The van der Waals surface area contributed by atoms with Gasteiger partial charge in [-0.15, -0.1) is 0 Å². The summed E-state index contributed by atoms with van der Waals surface area (Å²) in [6.07, 6.45) is 3.67. The maximum absolute atomic E-state index is 12.0. The van der Waals surface area contributed by atoms with Gasteiger partial charge in [-0.2, -0.15) is 0 Å². The quantitative estimate of drug-likeness (QED) is 0.897. The third-order valence-electron chi connectivity index (χ3n) is 4.94. The summed E-state index contributed by atoms with van der Waals surface area (Å²) < 4.78 is 6.35. The second kappa shape index (κ2) is 7.40. The molecule has 0 radical (unpaired) electrons. The highest BCUT2D eigenvalue weighted by molar-refractivity contribution is 5.60. The van der Waals surface area contributed by atoms with Crippen LogP contribution in [0.15, 0.2) is 54.0 Å². The van der Waals surface area contributed by atoms with E-state index in [1.54, 1.807) is 6.20 Å². The number of ether oxygens (including phenoxy) is 1. The summed E-state index contributed by atoms with van der Waals surface area (Å²) in [4.78, 5) is 16.9. The Balaban J connectivity index is 1.64. The predicted molar refractivity (Wildman–Crippen MR) is 106 cm³/mol. The van der Waals surface area contributed by atoms with Crippen molar-refractivity contribution in [3.8, 4) is 5.75 Å². The van der Waals surface area contributed by atoms with Crippen molar-refractivity contribution in [2.75, 3.05) is 13.1 Å². The van der Waals surface area contributed by atoms with Gasteiger partial charge in [0.25, 0.3) is 5.56 Å². The van der Waals surface area contributed by atoms with Crippen LogP contribution in [0.4, 0.5) is 0 Å². The zero-order chi connectivity index (χ0) is 18.7. The molecule has 1 fully saturated rings. The number of aromatic amines is 1. The first kappa shape index (κ1) is 18.3. The van der Waals surface area contributed by atoms with Crippen molar-refractivity contribution in [3.63, 3.8) is 0 Å². The number of rotatable bonds is 4. The summed E-state index contributed by atoms with van der Waals surface area (Å²) in [5.74, 6) is 0.983. The Bertz CT molecular complexity index is 824. The molecule has 1 aliphatic rings. The van der Waals surface area contributed by atoms with Crippen molar-refractivity contribution in [1.29, 1.82) is 0 Å². The summed E-state index contributed by atoms with van der Waals surface area (Å²) in [7, 11) is 0. The number of hydrogen-bond acceptors (Lipinski definition) is 3. The molecule has 1 aromatic heterocycles. The van der Waals surface area contributed by atoms with Crippen molar-refractivity contribution >= 4 is 5.70 Å². The van der Waals surface area contributed by atoms with Crippen LogP contribution >= 0.6 is 0 Å². The van der Waals surface area contributed by atoms with E-state index in [1.165, 1.54) is 5.56 Å². The van der Waals surface area contributed by atoms with Gasteiger partial charge in [-0.1, -0.05) is 45.5 Å². The molecule has 1 aromatic carbocycles. The molecule has 4 nitrogen and oxygen atoms in total. The average Bonchev–Trinajstić information content (AvgIpc) is 2.62. The van der Waals surface area contributed by atoms with E-state index in [-0.39, 0.29) is 17.1 Å². The number of nitrogens with zero attached hydrogens (tertiary/aromatic N) is 1. The average molecular weight is 352 g/mol. The molecule has 4 heteroatoms. The zero-order valence-corrected chi connectivity index (χ0v) is 15.9. The van der Waals surface area contributed by atoms with Gasteiger partial charge in [0, 0.05) is 37.8 Å². The molecule has 1 saturated heterocycles. The number of nitrogens with one attached hydrogen (secondary N) is 1. The summed E-state index contributed by atoms with van der Waals surface area (Å²) in [6, 6.07) is 12.0. The summed E-state index contributed by atoms with van der Waals surface area (Å²) in [6.45, 7) is 12.4. The van der Waals surface area contributed by atoms with Crippen LogP contribution in [-0.4, -0.2) is 29.1 Å². The lowest BCUT2D eigenvalue weighted by molar-refractivity contribution is 0.125. The molecule has 3 rings (SSSR count). The molecule has 0 saturated carbocycles. The Morgan fingerprint density at radius 1 is 1.15 bits per heavy atom. The van der Waals surface area contributed by atoms with Gasteiger partial charge in [0.05, 0.1) is 5.56 Å². The molecular weight excluding hydrogens is 324 g/mol. The highest BCUT2D eigenvalue weighted by Crippen LogP contribution is 2.33. The van der Waals surface area contributed by atoms with Crippen molar-refractivity contribution in [3.05, 3.63) is 70.7 Å². The van der Waals surface area contributed by atoms with Crippen LogP contribution < -0.4 is 10.3 Å². The lowest BCUT2D eigenvalue weighted by atomic mass is 9.86. The molecule has 0 spiro atoms. The van der Waals surface area contributed by atoms with Crippen LogP contribution in [0, 0.1) is 0 Å². The molecule has 2 aromatic rings. The number of benzene rings is 1. The lowest BCUT2D eigenvalue weighted by Gasteiger charge is -2.35. The highest BCUT2D eigenvalue weighted by Gasteiger charge is 2.25. The molecule has 138 valence electrons. The molecule has 1 aliphatic heterocycles. The standard InChI is InChI=1S/C22H28N2O2/c1-16(18-8-7-13-23-21(18)25)24-14-11-17(12-15-24)26-20-10-6-5-9-19(20)22(2,3)4/h5-10,13,17H,1,11-12,14-15H2,2-4H3,(H,23,25). The first-order valence-electron chi connectivity index (χ1n) is 9.24. The van der Waals surface area contributed by atoms with Crippen LogP contribution in [0.5, 0.6) is 5.75 Å². The second-order valence-corrected chi connectivity index (χ2v) is 7.91. The van der Waals surface area contributed by atoms with E-state index in [1.807, 2.05) is 18.2 Å². The Hall–Kier alpha value is -2.49. The van der Waals surface area contributed by atoms with E-state index in [9.17, 15) is 4.79 Å². The normalized spacial score (nSPS) is 15.7. The van der Waals surface area contributed by atoms with Crippen LogP contribution in [0.3, 0.4) is 0 Å². The van der Waals surface area contributed by atoms with Crippen molar-refractivity contribution < 1.29 is 4.74 Å². The number of hydrogen-bond donors (Lipinski definition) is 1. The minimum Gasteiger partial charge on any atom is -0.490 e. The molecule has 2 heterocycles. The largest absolute Gasteiger partial charge is 0.490 e. The maximum Gasteiger partial charge on any atom is 0.257 e.